The summed E-state index contributed by atoms with van der Waals surface area (Å²) in [5.41, 5.74) is -6.82. The van der Waals surface area contributed by atoms with Gasteiger partial charge in [-0.3, -0.25) is 0 Å². The van der Waals surface area contributed by atoms with Gasteiger partial charge in [0.25, 0.3) is 0 Å². The van der Waals surface area contributed by atoms with Gasteiger partial charge in [0.1, 0.15) is 22.9 Å². The van der Waals surface area contributed by atoms with Crippen molar-refractivity contribution in [3.63, 3.8) is 0 Å². The lowest BCUT2D eigenvalue weighted by atomic mass is 9.30. The average Bonchev–Trinajstić information content (AvgIpc) is 2.88. The van der Waals surface area contributed by atoms with E-state index in [1.165, 1.54) is 48.5 Å². The lowest BCUT2D eigenvalue weighted by Crippen LogP contribution is -2.99. The molecule has 0 spiro atoms. The number of hydrogen-bond donors (Lipinski definition) is 6. The fraction of sp³-hybridized carbons (Fsp3) is 0.462. The zero-order valence-electron chi connectivity index (χ0n) is 19.9. The molecule has 0 amide bonds. The highest BCUT2D eigenvalue weighted by Crippen LogP contribution is 2.75. The maximum Gasteiger partial charge on any atom is 0.338 e. The maximum absolute atomic E-state index is 12.2. The highest BCUT2D eigenvalue weighted by atomic mass is 16.5. The van der Waals surface area contributed by atoms with E-state index in [-0.39, 0.29) is 35.5 Å². The van der Waals surface area contributed by atoms with Crippen LogP contribution in [-0.4, -0.2) is 91.4 Å². The molecule has 194 valence electrons. The Labute approximate surface area is 207 Å². The van der Waals surface area contributed by atoms with Gasteiger partial charge in [-0.1, -0.05) is 24.3 Å². The standard InChI is InChI=1S/C26H30O10/c1-3-35-22(30)16-9-5-7-14(11-16)19-21(29)25(33)20(24(32,18(28)13-27)26(19,25)34)15-8-6-10-17(12-15)23(31)36-4-2/h5-12,18-21,27-29,32-34H,3-4,13H2,1-2H3/t18-,19?,20?,21?,24+,25+,26+/m1/s1. The Morgan fingerprint density at radius 3 is 1.92 bits per heavy atom. The second kappa shape index (κ2) is 9.22. The highest BCUT2D eigenvalue weighted by molar-refractivity contribution is 5.90. The number of hydrogen-bond acceptors (Lipinski definition) is 10. The Hall–Kier alpha value is -2.86. The predicted molar refractivity (Wildman–Crippen MR) is 124 cm³/mol. The molecule has 2 aromatic rings. The van der Waals surface area contributed by atoms with E-state index in [0.717, 1.165) is 0 Å². The van der Waals surface area contributed by atoms with Gasteiger partial charge in [-0.15, -0.1) is 0 Å². The largest absolute Gasteiger partial charge is 0.462 e. The van der Waals surface area contributed by atoms with Crippen LogP contribution in [0.2, 0.25) is 0 Å². The Morgan fingerprint density at radius 1 is 0.917 bits per heavy atom. The predicted octanol–water partition coefficient (Wildman–Crippen LogP) is -0.158. The lowest BCUT2D eigenvalue weighted by molar-refractivity contribution is -0.459. The van der Waals surface area contributed by atoms with Gasteiger partial charge in [0.05, 0.1) is 43.0 Å². The first-order valence-corrected chi connectivity index (χ1v) is 11.7. The lowest BCUT2D eigenvalue weighted by Gasteiger charge is -2.80. The molecule has 0 saturated heterocycles. The van der Waals surface area contributed by atoms with Crippen molar-refractivity contribution in [2.24, 2.45) is 0 Å². The summed E-state index contributed by atoms with van der Waals surface area (Å²) < 4.78 is 9.99. The number of carbonyl (C=O) groups is 2. The average molecular weight is 503 g/mol. The van der Waals surface area contributed by atoms with Crippen LogP contribution in [0.4, 0.5) is 0 Å². The Balaban J connectivity index is 1.79. The molecule has 10 nitrogen and oxygen atoms in total. The third kappa shape index (κ3) is 3.26. The van der Waals surface area contributed by atoms with Crippen molar-refractivity contribution >= 4 is 11.9 Å². The molecule has 3 unspecified atom stereocenters. The molecular formula is C26H30O10. The first-order valence-electron chi connectivity index (χ1n) is 11.7. The molecule has 0 bridgehead atoms. The molecule has 0 heterocycles. The molecule has 2 aliphatic rings. The first-order chi connectivity index (χ1) is 17.0. The van der Waals surface area contributed by atoms with Crippen LogP contribution in [0.25, 0.3) is 0 Å². The molecule has 2 fully saturated rings. The summed E-state index contributed by atoms with van der Waals surface area (Å²) in [6, 6.07) is 11.5. The highest BCUT2D eigenvalue weighted by Gasteiger charge is 2.93. The van der Waals surface area contributed by atoms with Gasteiger partial charge in [-0.05, 0) is 49.2 Å². The summed E-state index contributed by atoms with van der Waals surface area (Å²) in [5.74, 6) is -4.10. The van der Waals surface area contributed by atoms with Crippen molar-refractivity contribution in [3.8, 4) is 0 Å². The molecule has 10 heteroatoms. The van der Waals surface area contributed by atoms with E-state index in [2.05, 4.69) is 0 Å². The van der Waals surface area contributed by atoms with Gasteiger partial charge in [-0.2, -0.15) is 0 Å². The summed E-state index contributed by atoms with van der Waals surface area (Å²) in [4.78, 5) is 24.4. The normalized spacial score (nSPS) is 33.5. The van der Waals surface area contributed by atoms with Gasteiger partial charge in [0.2, 0.25) is 0 Å². The molecule has 0 aromatic heterocycles. The topological polar surface area (TPSA) is 174 Å². The zero-order chi connectivity index (χ0) is 26.5. The summed E-state index contributed by atoms with van der Waals surface area (Å²) in [7, 11) is 0. The zero-order valence-corrected chi connectivity index (χ0v) is 19.9. The molecule has 36 heavy (non-hydrogen) atoms. The number of benzene rings is 2. The van der Waals surface area contributed by atoms with E-state index < -0.39 is 59.4 Å². The molecule has 2 saturated carbocycles. The molecule has 6 N–H and O–H groups in total. The van der Waals surface area contributed by atoms with E-state index >= 15 is 0 Å². The Morgan fingerprint density at radius 2 is 1.42 bits per heavy atom. The molecule has 0 aliphatic heterocycles. The monoisotopic (exact) mass is 502 g/mol. The van der Waals surface area contributed by atoms with Crippen LogP contribution < -0.4 is 0 Å². The SMILES string of the molecule is CCOC(=O)c1cccc(C2C(O)[C@@]3(O)C(c4cccc(C(=O)OCC)c4)[C@@](O)([C@H](O)CO)[C@@]23O)c1. The molecule has 0 radical (unpaired) electrons. The second-order valence-corrected chi connectivity index (χ2v) is 9.16. The van der Waals surface area contributed by atoms with Crippen LogP contribution in [0.1, 0.15) is 57.5 Å². The van der Waals surface area contributed by atoms with Crippen molar-refractivity contribution < 1.29 is 49.7 Å². The van der Waals surface area contributed by atoms with Crippen molar-refractivity contribution in [1.29, 1.82) is 0 Å². The smallest absolute Gasteiger partial charge is 0.338 e. The third-order valence-corrected chi connectivity index (χ3v) is 7.49. The van der Waals surface area contributed by atoms with Crippen LogP contribution in [0.3, 0.4) is 0 Å². The van der Waals surface area contributed by atoms with E-state index in [4.69, 9.17) is 9.47 Å². The number of aliphatic hydroxyl groups excluding tert-OH is 3. The van der Waals surface area contributed by atoms with E-state index in [1.807, 2.05) is 0 Å². The molecular weight excluding hydrogens is 472 g/mol. The Bertz CT molecular complexity index is 1160. The molecule has 7 atom stereocenters. The fourth-order valence-corrected chi connectivity index (χ4v) is 5.95. The molecule has 4 rings (SSSR count). The number of esters is 2. The first kappa shape index (κ1) is 26.2. The fourth-order valence-electron chi connectivity index (χ4n) is 5.95. The van der Waals surface area contributed by atoms with Crippen LogP contribution >= 0.6 is 0 Å². The minimum Gasteiger partial charge on any atom is -0.462 e. The van der Waals surface area contributed by atoms with Gasteiger partial charge in [0.15, 0.2) is 0 Å². The van der Waals surface area contributed by atoms with Crippen molar-refractivity contribution in [3.05, 3.63) is 70.8 Å². The minimum absolute atomic E-state index is 0.0988. The summed E-state index contributed by atoms with van der Waals surface area (Å²) in [6.45, 7) is 2.56. The van der Waals surface area contributed by atoms with Gasteiger partial charge < -0.3 is 40.1 Å². The maximum atomic E-state index is 12.2. The van der Waals surface area contributed by atoms with Crippen LogP contribution in [0, 0.1) is 0 Å². The number of carbonyl (C=O) groups excluding carboxylic acids is 2. The third-order valence-electron chi connectivity index (χ3n) is 7.49. The van der Waals surface area contributed by atoms with Crippen molar-refractivity contribution in [2.75, 3.05) is 19.8 Å². The molecule has 2 aliphatic carbocycles. The van der Waals surface area contributed by atoms with Crippen LogP contribution in [0.15, 0.2) is 48.5 Å². The number of ether oxygens (including phenoxy) is 2. The van der Waals surface area contributed by atoms with Gasteiger partial charge in [0, 0.05) is 5.92 Å². The quantitative estimate of drug-likeness (QED) is 0.266. The number of fused-ring (bicyclic) bond motifs is 1. The van der Waals surface area contributed by atoms with Crippen LogP contribution in [0.5, 0.6) is 0 Å². The minimum atomic E-state index is -2.53. The van der Waals surface area contributed by atoms with E-state index in [1.54, 1.807) is 13.8 Å². The van der Waals surface area contributed by atoms with E-state index in [9.17, 15) is 40.2 Å². The van der Waals surface area contributed by atoms with Gasteiger partial charge >= 0.3 is 11.9 Å². The summed E-state index contributed by atoms with van der Waals surface area (Å²) in [6.07, 6.45) is -3.57. The number of rotatable bonds is 8. The van der Waals surface area contributed by atoms with Crippen molar-refractivity contribution in [1.82, 2.24) is 0 Å². The van der Waals surface area contributed by atoms with Gasteiger partial charge in [-0.25, -0.2) is 9.59 Å². The molecule has 2 aromatic carbocycles. The summed E-state index contributed by atoms with van der Waals surface area (Å²) >= 11 is 0. The van der Waals surface area contributed by atoms with E-state index in [0.29, 0.717) is 0 Å². The van der Waals surface area contributed by atoms with Crippen LogP contribution in [-0.2, 0) is 9.47 Å². The summed E-state index contributed by atoms with van der Waals surface area (Å²) in [5, 5.41) is 66.5. The van der Waals surface area contributed by atoms with Crippen molar-refractivity contribution in [2.45, 2.75) is 54.7 Å². The number of aliphatic hydroxyl groups is 6. The second-order valence-electron chi connectivity index (χ2n) is 9.16. The Kier molecular flexibility index (Phi) is 6.71.